The Morgan fingerprint density at radius 1 is 1.00 bits per heavy atom. The second-order valence-electron chi connectivity index (χ2n) is 4.74. The number of ether oxygens (including phenoxy) is 1. The van der Waals surface area contributed by atoms with Crippen LogP contribution in [0.1, 0.15) is 29.6 Å². The topological polar surface area (TPSA) is 64.6 Å². The van der Waals surface area contributed by atoms with E-state index < -0.39 is 52.8 Å². The molecule has 1 aromatic rings. The lowest BCUT2D eigenvalue weighted by Crippen LogP contribution is -2.32. The van der Waals surface area contributed by atoms with E-state index in [9.17, 15) is 31.5 Å². The Morgan fingerprint density at radius 2 is 1.58 bits per heavy atom. The van der Waals surface area contributed by atoms with Gasteiger partial charge in [-0.2, -0.15) is 0 Å². The lowest BCUT2D eigenvalue weighted by Gasteiger charge is -2.17. The average molecular weight is 351 g/mol. The molecule has 0 saturated heterocycles. The lowest BCUT2D eigenvalue weighted by molar-refractivity contribution is 0.0145. The van der Waals surface area contributed by atoms with E-state index >= 15 is 0 Å². The molecule has 0 bridgehead atoms. The first-order chi connectivity index (χ1) is 11.3. The number of hydrogen-bond acceptors (Lipinski definition) is 4. The molecule has 0 spiro atoms. The monoisotopic (exact) mass is 351 g/mol. The number of carbonyl (C=O) groups excluding carboxylic acids is 2. The van der Waals surface area contributed by atoms with Crippen LogP contribution in [0.4, 0.5) is 26.7 Å². The minimum Gasteiger partial charge on any atom is -0.440 e. The molecule has 0 heterocycles. The van der Waals surface area contributed by atoms with Gasteiger partial charge in [-0.25, -0.2) is 31.5 Å². The van der Waals surface area contributed by atoms with Crippen LogP contribution in [0.25, 0.3) is 0 Å². The zero-order valence-corrected chi connectivity index (χ0v) is 11.9. The molecule has 0 saturated carbocycles. The number of carbonyl (C=O) groups is 2. The molecule has 0 fully saturated rings. The molecule has 0 aromatic heterocycles. The van der Waals surface area contributed by atoms with Crippen molar-refractivity contribution in [1.29, 1.82) is 0 Å². The van der Waals surface area contributed by atoms with Crippen LogP contribution in [0.3, 0.4) is 0 Å². The molecule has 0 aliphatic heterocycles. The van der Waals surface area contributed by atoms with Gasteiger partial charge in [-0.1, -0.05) is 6.08 Å². The fourth-order valence-electron chi connectivity index (χ4n) is 1.96. The second-order valence-corrected chi connectivity index (χ2v) is 4.74. The third kappa shape index (κ3) is 3.63. The normalized spacial score (nSPS) is 16.6. The van der Waals surface area contributed by atoms with Crippen molar-refractivity contribution in [1.82, 2.24) is 5.48 Å². The van der Waals surface area contributed by atoms with Crippen LogP contribution in [0.5, 0.6) is 0 Å². The number of benzene rings is 1. The molecule has 10 heteroatoms. The maximum Gasteiger partial charge on any atom is 0.441 e. The molecule has 5 nitrogen and oxygen atoms in total. The summed E-state index contributed by atoms with van der Waals surface area (Å²) in [5.74, 6) is -13.8. The van der Waals surface area contributed by atoms with Crippen molar-refractivity contribution >= 4 is 12.1 Å². The third-order valence-electron chi connectivity index (χ3n) is 3.11. The number of nitrogens with one attached hydrogen (secondary N) is 1. The van der Waals surface area contributed by atoms with Crippen molar-refractivity contribution in [3.8, 4) is 0 Å². The Bertz CT molecular complexity index is 678. The van der Waals surface area contributed by atoms with E-state index in [1.165, 1.54) is 5.48 Å². The molecule has 1 unspecified atom stereocenters. The minimum atomic E-state index is -2.42. The van der Waals surface area contributed by atoms with Crippen LogP contribution < -0.4 is 5.48 Å². The third-order valence-corrected chi connectivity index (χ3v) is 3.11. The van der Waals surface area contributed by atoms with Crippen molar-refractivity contribution in [3.63, 3.8) is 0 Å². The average Bonchev–Trinajstić information content (AvgIpc) is 2.57. The Labute approximate surface area is 132 Å². The van der Waals surface area contributed by atoms with Gasteiger partial charge >= 0.3 is 12.1 Å². The van der Waals surface area contributed by atoms with E-state index in [-0.39, 0.29) is 0 Å². The highest BCUT2D eigenvalue weighted by molar-refractivity contribution is 5.90. The number of halogens is 5. The van der Waals surface area contributed by atoms with E-state index in [2.05, 4.69) is 4.84 Å². The van der Waals surface area contributed by atoms with Gasteiger partial charge in [-0.3, -0.25) is 0 Å². The first-order valence-corrected chi connectivity index (χ1v) is 6.68. The van der Waals surface area contributed by atoms with Crippen molar-refractivity contribution in [2.45, 2.75) is 25.4 Å². The predicted molar refractivity (Wildman–Crippen MR) is 68.0 cm³/mol. The summed E-state index contributed by atoms with van der Waals surface area (Å²) >= 11 is 0. The van der Waals surface area contributed by atoms with Crippen molar-refractivity contribution in [2.24, 2.45) is 0 Å². The summed E-state index contributed by atoms with van der Waals surface area (Å²) < 4.78 is 70.4. The first-order valence-electron chi connectivity index (χ1n) is 6.68. The Morgan fingerprint density at radius 3 is 2.12 bits per heavy atom. The highest BCUT2D eigenvalue weighted by Gasteiger charge is 2.31. The van der Waals surface area contributed by atoms with Crippen LogP contribution in [0, 0.1) is 29.1 Å². The summed E-state index contributed by atoms with van der Waals surface area (Å²) in [7, 11) is 0. The lowest BCUT2D eigenvalue weighted by atomic mass is 10.1. The Balaban J connectivity index is 2.04. The quantitative estimate of drug-likeness (QED) is 0.292. The molecule has 1 aliphatic rings. The SMILES string of the molecule is O=C(NOC(=O)c1c(F)c(F)c(F)c(F)c1F)OC1C=CCCC1. The van der Waals surface area contributed by atoms with Gasteiger partial charge in [0.15, 0.2) is 23.3 Å². The van der Waals surface area contributed by atoms with Gasteiger partial charge in [-0.15, -0.1) is 5.48 Å². The van der Waals surface area contributed by atoms with E-state index in [0.717, 1.165) is 12.8 Å². The number of hydrogen-bond donors (Lipinski definition) is 1. The summed E-state index contributed by atoms with van der Waals surface area (Å²) in [4.78, 5) is 26.8. The van der Waals surface area contributed by atoms with E-state index in [0.29, 0.717) is 6.42 Å². The van der Waals surface area contributed by atoms with Gasteiger partial charge in [0.1, 0.15) is 11.7 Å². The summed E-state index contributed by atoms with van der Waals surface area (Å²) in [6.07, 6.45) is 3.62. The Hall–Kier alpha value is -2.65. The predicted octanol–water partition coefficient (Wildman–Crippen LogP) is 3.29. The maximum absolute atomic E-state index is 13.4. The molecule has 130 valence electrons. The van der Waals surface area contributed by atoms with Gasteiger partial charge in [0.25, 0.3) is 0 Å². The smallest absolute Gasteiger partial charge is 0.440 e. The van der Waals surface area contributed by atoms with E-state index in [1.54, 1.807) is 12.2 Å². The van der Waals surface area contributed by atoms with Crippen LogP contribution in [0.2, 0.25) is 0 Å². The van der Waals surface area contributed by atoms with E-state index in [4.69, 9.17) is 4.74 Å². The molecule has 0 radical (unpaired) electrons. The Kier molecular flexibility index (Phi) is 5.37. The second kappa shape index (κ2) is 7.28. The summed E-state index contributed by atoms with van der Waals surface area (Å²) in [6.45, 7) is 0. The fourth-order valence-corrected chi connectivity index (χ4v) is 1.96. The largest absolute Gasteiger partial charge is 0.441 e. The van der Waals surface area contributed by atoms with Crippen LogP contribution >= 0.6 is 0 Å². The first kappa shape index (κ1) is 17.7. The zero-order valence-electron chi connectivity index (χ0n) is 11.9. The molecule has 1 aromatic carbocycles. The van der Waals surface area contributed by atoms with Crippen molar-refractivity contribution in [2.75, 3.05) is 0 Å². The van der Waals surface area contributed by atoms with Crippen LogP contribution in [0.15, 0.2) is 12.2 Å². The highest BCUT2D eigenvalue weighted by atomic mass is 19.2. The number of hydroxylamine groups is 1. The van der Waals surface area contributed by atoms with Crippen LogP contribution in [-0.2, 0) is 9.57 Å². The summed E-state index contributed by atoms with van der Waals surface area (Å²) in [5, 5.41) is 0. The van der Waals surface area contributed by atoms with Gasteiger partial charge in [-0.05, 0) is 25.3 Å². The number of rotatable bonds is 2. The molecular weight excluding hydrogens is 341 g/mol. The molecular formula is C14H10F5NO4. The highest BCUT2D eigenvalue weighted by Crippen LogP contribution is 2.23. The van der Waals surface area contributed by atoms with Crippen molar-refractivity contribution in [3.05, 3.63) is 46.8 Å². The van der Waals surface area contributed by atoms with Gasteiger partial charge < -0.3 is 9.57 Å². The number of allylic oxidation sites excluding steroid dienone is 1. The molecule has 1 amide bonds. The molecule has 2 rings (SSSR count). The van der Waals surface area contributed by atoms with Crippen LogP contribution in [-0.4, -0.2) is 18.2 Å². The fraction of sp³-hybridized carbons (Fsp3) is 0.286. The summed E-state index contributed by atoms with van der Waals surface area (Å²) in [5.41, 5.74) is -0.410. The zero-order chi connectivity index (χ0) is 17.9. The van der Waals surface area contributed by atoms with E-state index in [1.807, 2.05) is 0 Å². The van der Waals surface area contributed by atoms with Gasteiger partial charge in [0.05, 0.1) is 0 Å². The maximum atomic E-state index is 13.4. The van der Waals surface area contributed by atoms with Gasteiger partial charge in [0.2, 0.25) is 5.82 Å². The molecule has 1 atom stereocenters. The molecule has 1 N–H and O–H groups in total. The molecule has 1 aliphatic carbocycles. The minimum absolute atomic E-state index is 0.523. The summed E-state index contributed by atoms with van der Waals surface area (Å²) in [6, 6.07) is 0. The molecule has 24 heavy (non-hydrogen) atoms. The standard InChI is InChI=1S/C14H10F5NO4/c15-8-7(9(16)11(18)12(19)10(8)17)13(21)24-20-14(22)23-6-4-2-1-3-5-6/h2,4,6H,1,3,5H2,(H,20,22). The number of amides is 1. The van der Waals surface area contributed by atoms with Crippen molar-refractivity contribution < 1.29 is 41.1 Å². The van der Waals surface area contributed by atoms with Gasteiger partial charge in [0, 0.05) is 0 Å².